The fourth-order valence-electron chi connectivity index (χ4n) is 1.96. The predicted octanol–water partition coefficient (Wildman–Crippen LogP) is 2.40. The molecule has 6 heteroatoms. The van der Waals surface area contributed by atoms with Gasteiger partial charge in [0, 0.05) is 5.54 Å². The van der Waals surface area contributed by atoms with Crippen LogP contribution >= 0.6 is 0 Å². The van der Waals surface area contributed by atoms with Gasteiger partial charge in [0.15, 0.2) is 6.10 Å². The van der Waals surface area contributed by atoms with Crippen molar-refractivity contribution in [1.29, 1.82) is 0 Å². The molecule has 0 fully saturated rings. The van der Waals surface area contributed by atoms with Gasteiger partial charge in [-0.1, -0.05) is 18.2 Å². The van der Waals surface area contributed by atoms with E-state index in [2.05, 4.69) is 10.6 Å². The van der Waals surface area contributed by atoms with Gasteiger partial charge in [-0.2, -0.15) is 0 Å². The van der Waals surface area contributed by atoms with E-state index in [1.165, 1.54) is 6.92 Å². The first-order valence-corrected chi connectivity index (χ1v) is 7.86. The van der Waals surface area contributed by atoms with Crippen LogP contribution in [-0.2, 0) is 20.7 Å². The number of amides is 3. The summed E-state index contributed by atoms with van der Waals surface area (Å²) < 4.78 is 5.09. The first-order valence-electron chi connectivity index (χ1n) is 7.86. The molecule has 0 aliphatic heterocycles. The molecular weight excluding hydrogens is 308 g/mol. The summed E-state index contributed by atoms with van der Waals surface area (Å²) in [4.78, 5) is 35.4. The lowest BCUT2D eigenvalue weighted by molar-refractivity contribution is -0.153. The number of imide groups is 1. The second-order valence-corrected chi connectivity index (χ2v) is 6.92. The van der Waals surface area contributed by atoms with E-state index < -0.39 is 29.6 Å². The molecule has 0 aromatic heterocycles. The normalized spacial score (nSPS) is 12.2. The zero-order valence-corrected chi connectivity index (χ0v) is 15.1. The van der Waals surface area contributed by atoms with Crippen LogP contribution in [0.4, 0.5) is 4.79 Å². The smallest absolute Gasteiger partial charge is 0.321 e. The number of benzene rings is 1. The summed E-state index contributed by atoms with van der Waals surface area (Å²) in [6.07, 6.45) is -0.970. The number of nitrogens with one attached hydrogen (secondary N) is 2. The van der Waals surface area contributed by atoms with Crippen LogP contribution in [0.2, 0.25) is 0 Å². The molecule has 0 spiro atoms. The molecule has 0 aliphatic carbocycles. The van der Waals surface area contributed by atoms with Crippen molar-refractivity contribution in [2.45, 2.75) is 59.6 Å². The topological polar surface area (TPSA) is 84.5 Å². The van der Waals surface area contributed by atoms with Gasteiger partial charge in [0.1, 0.15) is 0 Å². The van der Waals surface area contributed by atoms with Gasteiger partial charge in [0.25, 0.3) is 5.91 Å². The van der Waals surface area contributed by atoms with Gasteiger partial charge in [0.05, 0.1) is 6.42 Å². The molecule has 0 radical (unpaired) electrons. The van der Waals surface area contributed by atoms with E-state index in [-0.39, 0.29) is 6.42 Å². The third-order valence-electron chi connectivity index (χ3n) is 3.32. The van der Waals surface area contributed by atoms with Crippen LogP contribution in [0.3, 0.4) is 0 Å². The second kappa shape index (κ2) is 7.95. The maximum Gasteiger partial charge on any atom is 0.321 e. The van der Waals surface area contributed by atoms with Gasteiger partial charge >= 0.3 is 12.0 Å². The molecule has 0 bridgehead atoms. The third kappa shape index (κ3) is 6.81. The molecule has 2 N–H and O–H groups in total. The highest BCUT2D eigenvalue weighted by atomic mass is 16.5. The van der Waals surface area contributed by atoms with Crippen LogP contribution in [0.25, 0.3) is 0 Å². The fraction of sp³-hybridized carbons (Fsp3) is 0.500. The van der Waals surface area contributed by atoms with Crippen molar-refractivity contribution >= 4 is 17.9 Å². The Morgan fingerprint density at radius 2 is 1.75 bits per heavy atom. The van der Waals surface area contributed by atoms with E-state index in [0.717, 1.165) is 16.7 Å². The molecule has 0 heterocycles. The molecule has 0 aliphatic rings. The Kier molecular flexibility index (Phi) is 6.51. The standard InChI is InChI=1S/C18H26N2O4/c1-11-7-8-14(9-12(11)2)10-15(21)24-13(3)16(22)19-17(23)20-18(4,5)6/h7-9,13H,10H2,1-6H3,(H2,19,20,22,23)/t13-/m0/s1. The maximum absolute atomic E-state index is 11.9. The summed E-state index contributed by atoms with van der Waals surface area (Å²) in [7, 11) is 0. The Morgan fingerprint density at radius 1 is 1.12 bits per heavy atom. The third-order valence-corrected chi connectivity index (χ3v) is 3.32. The Bertz CT molecular complexity index is 632. The fourth-order valence-corrected chi connectivity index (χ4v) is 1.96. The molecule has 6 nitrogen and oxygen atoms in total. The van der Waals surface area contributed by atoms with E-state index >= 15 is 0 Å². The lowest BCUT2D eigenvalue weighted by Gasteiger charge is -2.21. The van der Waals surface area contributed by atoms with Crippen LogP contribution in [0.1, 0.15) is 44.4 Å². The van der Waals surface area contributed by atoms with E-state index in [4.69, 9.17) is 4.74 Å². The van der Waals surface area contributed by atoms with Crippen molar-refractivity contribution in [3.63, 3.8) is 0 Å². The summed E-state index contributed by atoms with van der Waals surface area (Å²) in [6.45, 7) is 10.8. The first-order chi connectivity index (χ1) is 11.0. The molecule has 1 rings (SSSR count). The van der Waals surface area contributed by atoms with E-state index in [0.29, 0.717) is 0 Å². The monoisotopic (exact) mass is 334 g/mol. The average molecular weight is 334 g/mol. The summed E-state index contributed by atoms with van der Waals surface area (Å²) >= 11 is 0. The SMILES string of the molecule is Cc1ccc(CC(=O)O[C@@H](C)C(=O)NC(=O)NC(C)(C)C)cc1C. The highest BCUT2D eigenvalue weighted by Gasteiger charge is 2.22. The van der Waals surface area contributed by atoms with Gasteiger partial charge in [0.2, 0.25) is 0 Å². The molecule has 1 aromatic rings. The molecule has 0 unspecified atom stereocenters. The number of aryl methyl sites for hydroxylation is 2. The molecule has 1 atom stereocenters. The first kappa shape index (κ1) is 19.7. The minimum Gasteiger partial charge on any atom is -0.452 e. The largest absolute Gasteiger partial charge is 0.452 e. The van der Waals surface area contributed by atoms with E-state index in [1.54, 1.807) is 20.8 Å². The van der Waals surface area contributed by atoms with Crippen LogP contribution in [0, 0.1) is 13.8 Å². The minimum absolute atomic E-state index is 0.0763. The lowest BCUT2D eigenvalue weighted by atomic mass is 10.0. The van der Waals surface area contributed by atoms with Gasteiger partial charge in [-0.3, -0.25) is 14.9 Å². The predicted molar refractivity (Wildman–Crippen MR) is 91.6 cm³/mol. The Balaban J connectivity index is 2.52. The average Bonchev–Trinajstić information content (AvgIpc) is 2.40. The number of carbonyl (C=O) groups is 3. The van der Waals surface area contributed by atoms with Gasteiger partial charge in [-0.15, -0.1) is 0 Å². The zero-order chi connectivity index (χ0) is 18.5. The van der Waals surface area contributed by atoms with Crippen molar-refractivity contribution in [3.8, 4) is 0 Å². The van der Waals surface area contributed by atoms with Crippen molar-refractivity contribution in [2.75, 3.05) is 0 Å². The number of carbonyl (C=O) groups excluding carboxylic acids is 3. The molecule has 3 amide bonds. The number of hydrogen-bond acceptors (Lipinski definition) is 4. The number of ether oxygens (including phenoxy) is 1. The molecule has 0 saturated carbocycles. The Hall–Kier alpha value is -2.37. The molecule has 24 heavy (non-hydrogen) atoms. The van der Waals surface area contributed by atoms with Crippen molar-refractivity contribution < 1.29 is 19.1 Å². The summed E-state index contributed by atoms with van der Waals surface area (Å²) in [5.74, 6) is -1.18. The zero-order valence-electron chi connectivity index (χ0n) is 15.1. The Labute approximate surface area is 143 Å². The van der Waals surface area contributed by atoms with Gasteiger partial charge in [-0.25, -0.2) is 4.79 Å². The maximum atomic E-state index is 11.9. The Morgan fingerprint density at radius 3 is 2.29 bits per heavy atom. The molecular formula is C18H26N2O4. The quantitative estimate of drug-likeness (QED) is 0.828. The number of rotatable bonds is 4. The molecule has 0 saturated heterocycles. The van der Waals surface area contributed by atoms with Crippen LogP contribution in [-0.4, -0.2) is 29.6 Å². The van der Waals surface area contributed by atoms with E-state index in [1.807, 2.05) is 32.0 Å². The number of esters is 1. The summed E-state index contributed by atoms with van der Waals surface area (Å²) in [6, 6.07) is 5.08. The molecule has 132 valence electrons. The van der Waals surface area contributed by atoms with Crippen molar-refractivity contribution in [2.24, 2.45) is 0 Å². The highest BCUT2D eigenvalue weighted by molar-refractivity contribution is 5.97. The van der Waals surface area contributed by atoms with Crippen LogP contribution < -0.4 is 10.6 Å². The summed E-state index contributed by atoms with van der Waals surface area (Å²) in [5, 5.41) is 4.75. The molecule has 1 aromatic carbocycles. The number of urea groups is 1. The lowest BCUT2D eigenvalue weighted by Crippen LogP contribution is -2.50. The highest BCUT2D eigenvalue weighted by Crippen LogP contribution is 2.11. The van der Waals surface area contributed by atoms with Gasteiger partial charge in [-0.05, 0) is 58.2 Å². The van der Waals surface area contributed by atoms with Crippen LogP contribution in [0.5, 0.6) is 0 Å². The van der Waals surface area contributed by atoms with Crippen LogP contribution in [0.15, 0.2) is 18.2 Å². The summed E-state index contributed by atoms with van der Waals surface area (Å²) in [5.41, 5.74) is 2.59. The van der Waals surface area contributed by atoms with Gasteiger partial charge < -0.3 is 10.1 Å². The van der Waals surface area contributed by atoms with E-state index in [9.17, 15) is 14.4 Å². The number of hydrogen-bond donors (Lipinski definition) is 2. The van der Waals surface area contributed by atoms with Crippen molar-refractivity contribution in [1.82, 2.24) is 10.6 Å². The minimum atomic E-state index is -1.05. The second-order valence-electron chi connectivity index (χ2n) is 6.92. The van der Waals surface area contributed by atoms with Crippen molar-refractivity contribution in [3.05, 3.63) is 34.9 Å².